The van der Waals surface area contributed by atoms with E-state index in [0.29, 0.717) is 36.6 Å². The minimum atomic E-state index is -1.13. The first-order valence-corrected chi connectivity index (χ1v) is 10.8. The highest BCUT2D eigenvalue weighted by Crippen LogP contribution is 2.10. The van der Waals surface area contributed by atoms with Crippen LogP contribution in [0.15, 0.2) is 12.1 Å². The Bertz CT molecular complexity index is 1030. The van der Waals surface area contributed by atoms with Gasteiger partial charge in [-0.25, -0.2) is 19.2 Å². The first-order chi connectivity index (χ1) is 16.3. The lowest BCUT2D eigenvalue weighted by Crippen LogP contribution is -2.32. The van der Waals surface area contributed by atoms with Crippen LogP contribution >= 0.6 is 0 Å². The van der Waals surface area contributed by atoms with Crippen LogP contribution in [-0.4, -0.2) is 68.9 Å². The van der Waals surface area contributed by atoms with E-state index in [1.165, 1.54) is 28.6 Å². The Morgan fingerprint density at radius 1 is 0.857 bits per heavy atom. The number of aromatic carboxylic acids is 1. The Morgan fingerprint density at radius 3 is 1.60 bits per heavy atom. The Labute approximate surface area is 203 Å². The molecule has 0 aromatic carbocycles. The summed E-state index contributed by atoms with van der Waals surface area (Å²) >= 11 is 0. The highest BCUT2D eigenvalue weighted by molar-refractivity contribution is 5.92. The molecule has 35 heavy (non-hydrogen) atoms. The van der Waals surface area contributed by atoms with Gasteiger partial charge in [-0.2, -0.15) is 10.2 Å². The van der Waals surface area contributed by atoms with Crippen LogP contribution in [0.5, 0.6) is 0 Å². The molecule has 0 radical (unpaired) electrons. The molecule has 4 amide bonds. The smallest absolute Gasteiger partial charge is 0.358 e. The van der Waals surface area contributed by atoms with E-state index in [2.05, 4.69) is 36.2 Å². The summed E-state index contributed by atoms with van der Waals surface area (Å²) in [6, 6.07) is 2.06. The van der Waals surface area contributed by atoms with Gasteiger partial charge in [0, 0.05) is 39.3 Å². The van der Waals surface area contributed by atoms with Crippen LogP contribution in [-0.2, 0) is 18.8 Å². The molecule has 2 heterocycles. The molecule has 14 nitrogen and oxygen atoms in total. The quantitative estimate of drug-likeness (QED) is 0.345. The number of carbonyl (C=O) groups excluding carboxylic acids is 3. The molecule has 0 bridgehead atoms. The number of carboxylic acids is 1. The second kappa shape index (κ2) is 13.6. The topological polar surface area (TPSA) is 182 Å². The van der Waals surface area contributed by atoms with E-state index < -0.39 is 11.9 Å². The average Bonchev–Trinajstić information content (AvgIpc) is 3.33. The van der Waals surface area contributed by atoms with Crippen molar-refractivity contribution in [2.45, 2.75) is 27.7 Å². The minimum absolute atomic E-state index is 0.105. The number of esters is 1. The van der Waals surface area contributed by atoms with Gasteiger partial charge in [0.25, 0.3) is 0 Å². The van der Waals surface area contributed by atoms with Crippen LogP contribution in [0.4, 0.5) is 21.2 Å². The number of nitrogens with zero attached hydrogens (tertiary/aromatic N) is 4. The highest BCUT2D eigenvalue weighted by Gasteiger charge is 2.15. The molecule has 0 fully saturated rings. The second-order valence-corrected chi connectivity index (χ2v) is 8.33. The van der Waals surface area contributed by atoms with Gasteiger partial charge in [-0.05, 0) is 11.8 Å². The number of hydrogen-bond donors (Lipinski definition) is 5. The number of carboxylic acid groups (broad SMARTS) is 1. The zero-order valence-corrected chi connectivity index (χ0v) is 21.0. The monoisotopic (exact) mass is 494 g/mol. The molecule has 2 rings (SSSR count). The van der Waals surface area contributed by atoms with E-state index in [-0.39, 0.29) is 23.5 Å². The molecule has 0 saturated carbocycles. The van der Waals surface area contributed by atoms with Gasteiger partial charge in [-0.1, -0.05) is 27.7 Å². The molecular formula is C21H34N8O6. The lowest BCUT2D eigenvalue weighted by atomic mass is 10.2. The van der Waals surface area contributed by atoms with E-state index in [1.807, 2.05) is 27.7 Å². The maximum Gasteiger partial charge on any atom is 0.358 e. The summed E-state index contributed by atoms with van der Waals surface area (Å²) in [6.07, 6.45) is 0. The van der Waals surface area contributed by atoms with Crippen molar-refractivity contribution in [1.29, 1.82) is 0 Å². The fourth-order valence-electron chi connectivity index (χ4n) is 2.39. The number of methoxy groups -OCH3 is 1. The van der Waals surface area contributed by atoms with Crippen molar-refractivity contribution in [3.05, 3.63) is 23.5 Å². The number of amides is 4. The van der Waals surface area contributed by atoms with Crippen molar-refractivity contribution < 1.29 is 29.0 Å². The fraction of sp³-hybridized carbons (Fsp3) is 0.524. The predicted octanol–water partition coefficient (Wildman–Crippen LogP) is 1.88. The van der Waals surface area contributed by atoms with Crippen LogP contribution in [0.1, 0.15) is 48.7 Å². The first kappa shape index (κ1) is 28.9. The maximum absolute atomic E-state index is 11.5. The predicted molar refractivity (Wildman–Crippen MR) is 128 cm³/mol. The number of urea groups is 2. The number of aryl methyl sites for hydroxylation is 2. The standard InChI is InChI=1S/C11H18N4O3.C10H16N4O3/c1-7(2)6-12-11(17)13-9-5-8(10(16)18-4)14-15(9)3;1-6(2)5-11-10(17)12-8-4-7(9(15)16)13-14(8)3/h5,7H,6H2,1-4H3,(H2,12,13,17);4,6H,5H2,1-3H3,(H,15,16)(H2,11,12,17). The fourth-order valence-corrected chi connectivity index (χ4v) is 2.39. The summed E-state index contributed by atoms with van der Waals surface area (Å²) in [5.41, 5.74) is 0.0471. The number of carbonyl (C=O) groups is 4. The Morgan fingerprint density at radius 2 is 1.26 bits per heavy atom. The molecule has 0 atom stereocenters. The molecule has 0 unspecified atom stereocenters. The molecule has 194 valence electrons. The highest BCUT2D eigenvalue weighted by atomic mass is 16.5. The number of ether oxygens (including phenoxy) is 1. The number of anilines is 2. The summed E-state index contributed by atoms with van der Waals surface area (Å²) in [6.45, 7) is 9.09. The SMILES string of the molecule is CC(C)CNC(=O)Nc1cc(C(=O)O)nn1C.COC(=O)c1cc(NC(=O)NCC(C)C)n(C)n1. The summed E-state index contributed by atoms with van der Waals surface area (Å²) in [5.74, 6) is -0.187. The third-order valence-electron chi connectivity index (χ3n) is 4.20. The minimum Gasteiger partial charge on any atom is -0.476 e. The largest absolute Gasteiger partial charge is 0.476 e. The van der Waals surface area contributed by atoms with Gasteiger partial charge in [-0.3, -0.25) is 20.0 Å². The molecule has 2 aromatic heterocycles. The molecule has 14 heteroatoms. The van der Waals surface area contributed by atoms with Crippen molar-refractivity contribution in [1.82, 2.24) is 30.2 Å². The summed E-state index contributed by atoms with van der Waals surface area (Å²) in [5, 5.41) is 26.9. The van der Waals surface area contributed by atoms with Gasteiger partial charge in [-0.15, -0.1) is 0 Å². The van der Waals surface area contributed by atoms with Gasteiger partial charge < -0.3 is 20.5 Å². The van der Waals surface area contributed by atoms with Crippen LogP contribution in [0.25, 0.3) is 0 Å². The van der Waals surface area contributed by atoms with Crippen molar-refractivity contribution in [3.8, 4) is 0 Å². The summed E-state index contributed by atoms with van der Waals surface area (Å²) in [4.78, 5) is 44.9. The van der Waals surface area contributed by atoms with E-state index in [0.717, 1.165) is 0 Å². The lowest BCUT2D eigenvalue weighted by molar-refractivity contribution is 0.0592. The number of aromatic nitrogens is 4. The van der Waals surface area contributed by atoms with Crippen molar-refractivity contribution >= 4 is 35.6 Å². The van der Waals surface area contributed by atoms with Crippen molar-refractivity contribution in [2.75, 3.05) is 30.8 Å². The van der Waals surface area contributed by atoms with Crippen LogP contribution in [0.2, 0.25) is 0 Å². The average molecular weight is 495 g/mol. The molecule has 0 aliphatic heterocycles. The number of rotatable bonds is 8. The molecule has 0 aliphatic carbocycles. The molecule has 0 spiro atoms. The van der Waals surface area contributed by atoms with E-state index >= 15 is 0 Å². The normalized spacial score (nSPS) is 10.3. The zero-order valence-electron chi connectivity index (χ0n) is 21.0. The Hall–Kier alpha value is -4.10. The zero-order chi connectivity index (χ0) is 26.7. The molecule has 5 N–H and O–H groups in total. The van der Waals surface area contributed by atoms with E-state index in [9.17, 15) is 19.2 Å². The molecular weight excluding hydrogens is 460 g/mol. The van der Waals surface area contributed by atoms with Gasteiger partial charge >= 0.3 is 24.0 Å². The Kier molecular flexibility index (Phi) is 11.2. The maximum atomic E-state index is 11.5. The van der Waals surface area contributed by atoms with Gasteiger partial charge in [0.05, 0.1) is 7.11 Å². The van der Waals surface area contributed by atoms with Gasteiger partial charge in [0.2, 0.25) is 0 Å². The second-order valence-electron chi connectivity index (χ2n) is 8.33. The molecule has 0 aliphatic rings. The third kappa shape index (κ3) is 10.1. The van der Waals surface area contributed by atoms with E-state index in [1.54, 1.807) is 14.1 Å². The lowest BCUT2D eigenvalue weighted by Gasteiger charge is -2.08. The van der Waals surface area contributed by atoms with Crippen LogP contribution in [0, 0.1) is 11.8 Å². The third-order valence-corrected chi connectivity index (χ3v) is 4.20. The van der Waals surface area contributed by atoms with E-state index in [4.69, 9.17) is 5.11 Å². The Balaban J connectivity index is 0.000000351. The van der Waals surface area contributed by atoms with Gasteiger partial charge in [0.1, 0.15) is 11.6 Å². The van der Waals surface area contributed by atoms with Crippen LogP contribution < -0.4 is 21.3 Å². The molecule has 0 saturated heterocycles. The van der Waals surface area contributed by atoms with Gasteiger partial charge in [0.15, 0.2) is 11.4 Å². The van der Waals surface area contributed by atoms with Crippen molar-refractivity contribution in [2.24, 2.45) is 25.9 Å². The number of nitrogens with one attached hydrogen (secondary N) is 4. The number of hydrogen-bond acceptors (Lipinski definition) is 7. The summed E-state index contributed by atoms with van der Waals surface area (Å²) < 4.78 is 7.25. The van der Waals surface area contributed by atoms with Crippen molar-refractivity contribution in [3.63, 3.8) is 0 Å². The summed E-state index contributed by atoms with van der Waals surface area (Å²) in [7, 11) is 4.47. The molecule has 2 aromatic rings. The van der Waals surface area contributed by atoms with Crippen LogP contribution in [0.3, 0.4) is 0 Å². The first-order valence-electron chi connectivity index (χ1n) is 10.8.